The number of hydrogen-bond donors (Lipinski definition) is 1. The Morgan fingerprint density at radius 2 is 1.28 bits per heavy atom. The van der Waals surface area contributed by atoms with Gasteiger partial charge in [-0.3, -0.25) is 0 Å². The number of aliphatic hydroxyl groups excluding tert-OH is 1. The summed E-state index contributed by atoms with van der Waals surface area (Å²) in [6.45, 7) is 2.28. The average Bonchev–Trinajstić information content (AvgIpc) is 2.57. The van der Waals surface area contributed by atoms with Gasteiger partial charge in [-0.15, -0.1) is 17.0 Å². The van der Waals surface area contributed by atoms with E-state index in [1.54, 1.807) is 0 Å². The SMILES string of the molecule is Br.CCCCCCCCCCCCC(O)CC1(N(C)C)CCCCC1. The zero-order chi connectivity index (χ0) is 17.7. The first-order valence-electron chi connectivity index (χ1n) is 11.0. The number of hydrogen-bond acceptors (Lipinski definition) is 2. The number of rotatable bonds is 14. The lowest BCUT2D eigenvalue weighted by Gasteiger charge is -2.44. The summed E-state index contributed by atoms with van der Waals surface area (Å²) in [4.78, 5) is 2.40. The van der Waals surface area contributed by atoms with Crippen molar-refractivity contribution in [1.82, 2.24) is 4.90 Å². The highest BCUT2D eigenvalue weighted by Crippen LogP contribution is 2.36. The zero-order valence-electron chi connectivity index (χ0n) is 17.4. The summed E-state index contributed by atoms with van der Waals surface area (Å²) in [5.74, 6) is 0. The summed E-state index contributed by atoms with van der Waals surface area (Å²) in [7, 11) is 4.41. The van der Waals surface area contributed by atoms with Gasteiger partial charge in [0.25, 0.3) is 0 Å². The summed E-state index contributed by atoms with van der Waals surface area (Å²) in [5.41, 5.74) is 0.274. The maximum atomic E-state index is 10.5. The van der Waals surface area contributed by atoms with E-state index < -0.39 is 0 Å². The molecule has 0 bridgehead atoms. The normalized spacial score (nSPS) is 18.1. The van der Waals surface area contributed by atoms with Crippen LogP contribution in [0.15, 0.2) is 0 Å². The van der Waals surface area contributed by atoms with Gasteiger partial charge in [0, 0.05) is 5.54 Å². The molecule has 1 rings (SSSR count). The predicted octanol–water partition coefficient (Wildman–Crippen LogP) is 6.89. The van der Waals surface area contributed by atoms with E-state index in [1.807, 2.05) is 0 Å². The van der Waals surface area contributed by atoms with Gasteiger partial charge in [0.2, 0.25) is 0 Å². The molecule has 25 heavy (non-hydrogen) atoms. The minimum atomic E-state index is -0.0976. The Balaban J connectivity index is 0.00000576. The van der Waals surface area contributed by atoms with Crippen LogP contribution in [0.3, 0.4) is 0 Å². The van der Waals surface area contributed by atoms with Crippen LogP contribution >= 0.6 is 17.0 Å². The minimum absolute atomic E-state index is 0. The molecule has 0 aromatic heterocycles. The lowest BCUT2D eigenvalue weighted by molar-refractivity contribution is 0.0290. The van der Waals surface area contributed by atoms with E-state index >= 15 is 0 Å². The largest absolute Gasteiger partial charge is 0.393 e. The molecule has 1 saturated carbocycles. The number of nitrogens with zero attached hydrogens (tertiary/aromatic N) is 1. The molecule has 2 nitrogen and oxygen atoms in total. The van der Waals surface area contributed by atoms with Crippen LogP contribution in [-0.4, -0.2) is 35.7 Å². The van der Waals surface area contributed by atoms with Gasteiger partial charge < -0.3 is 10.0 Å². The first-order chi connectivity index (χ1) is 11.6. The highest BCUT2D eigenvalue weighted by atomic mass is 79.9. The number of halogens is 1. The van der Waals surface area contributed by atoms with Gasteiger partial charge in [0.1, 0.15) is 0 Å². The molecule has 0 saturated heterocycles. The molecule has 1 aliphatic carbocycles. The predicted molar refractivity (Wildman–Crippen MR) is 117 cm³/mol. The van der Waals surface area contributed by atoms with Gasteiger partial charge in [-0.2, -0.15) is 0 Å². The van der Waals surface area contributed by atoms with Crippen molar-refractivity contribution in [3.63, 3.8) is 0 Å². The summed E-state index contributed by atoms with van der Waals surface area (Å²) in [6, 6.07) is 0. The molecule has 0 aromatic rings. The molecule has 152 valence electrons. The Morgan fingerprint density at radius 1 is 0.800 bits per heavy atom. The van der Waals surface area contributed by atoms with Gasteiger partial charge in [-0.25, -0.2) is 0 Å². The van der Waals surface area contributed by atoms with Crippen molar-refractivity contribution in [3.05, 3.63) is 0 Å². The summed E-state index contributed by atoms with van der Waals surface area (Å²) >= 11 is 0. The Morgan fingerprint density at radius 3 is 1.76 bits per heavy atom. The van der Waals surface area contributed by atoms with Crippen molar-refractivity contribution in [3.8, 4) is 0 Å². The fourth-order valence-corrected chi connectivity index (χ4v) is 4.45. The van der Waals surface area contributed by atoms with E-state index in [1.165, 1.54) is 96.3 Å². The van der Waals surface area contributed by atoms with E-state index in [0.717, 1.165) is 12.8 Å². The van der Waals surface area contributed by atoms with E-state index in [-0.39, 0.29) is 28.6 Å². The second-order valence-electron chi connectivity index (χ2n) is 8.51. The topological polar surface area (TPSA) is 23.5 Å². The quantitative estimate of drug-likeness (QED) is 0.309. The standard InChI is InChI=1S/C22H45NO.BrH/c1-4-5-6-7-8-9-10-11-12-14-17-21(24)20-22(23(2)3)18-15-13-16-19-22;/h21,24H,4-20H2,1-3H3;1H. The molecule has 0 radical (unpaired) electrons. The van der Waals surface area contributed by atoms with Crippen LogP contribution < -0.4 is 0 Å². The first kappa shape index (κ1) is 25.4. The number of aliphatic hydroxyl groups is 1. The van der Waals surface area contributed by atoms with Crippen molar-refractivity contribution < 1.29 is 5.11 Å². The van der Waals surface area contributed by atoms with Crippen LogP contribution in [-0.2, 0) is 0 Å². The van der Waals surface area contributed by atoms with Crippen molar-refractivity contribution in [2.45, 2.75) is 128 Å². The molecule has 0 amide bonds. The fourth-order valence-electron chi connectivity index (χ4n) is 4.45. The highest BCUT2D eigenvalue weighted by molar-refractivity contribution is 8.93. The molecule has 0 aliphatic heterocycles. The molecule has 1 aliphatic rings. The number of unbranched alkanes of at least 4 members (excludes halogenated alkanes) is 9. The van der Waals surface area contributed by atoms with E-state index in [4.69, 9.17) is 0 Å². The summed E-state index contributed by atoms with van der Waals surface area (Å²) in [6.07, 6.45) is 22.2. The summed E-state index contributed by atoms with van der Waals surface area (Å²) < 4.78 is 0. The van der Waals surface area contributed by atoms with Crippen molar-refractivity contribution in [2.24, 2.45) is 0 Å². The van der Waals surface area contributed by atoms with Crippen molar-refractivity contribution in [1.29, 1.82) is 0 Å². The molecule has 0 spiro atoms. The molecule has 1 fully saturated rings. The zero-order valence-corrected chi connectivity index (χ0v) is 19.1. The van der Waals surface area contributed by atoms with Gasteiger partial charge in [-0.05, 0) is 39.8 Å². The lowest BCUT2D eigenvalue weighted by Crippen LogP contribution is -2.48. The van der Waals surface area contributed by atoms with Crippen LogP contribution in [0.1, 0.15) is 116 Å². The van der Waals surface area contributed by atoms with Gasteiger partial charge in [0.15, 0.2) is 0 Å². The molecule has 3 heteroatoms. The van der Waals surface area contributed by atoms with Crippen molar-refractivity contribution in [2.75, 3.05) is 14.1 Å². The van der Waals surface area contributed by atoms with Crippen molar-refractivity contribution >= 4 is 17.0 Å². The molecule has 1 unspecified atom stereocenters. The fraction of sp³-hybridized carbons (Fsp3) is 1.00. The minimum Gasteiger partial charge on any atom is -0.393 e. The molecule has 1 N–H and O–H groups in total. The van der Waals surface area contributed by atoms with Crippen LogP contribution in [0, 0.1) is 0 Å². The Kier molecular flexibility index (Phi) is 15.7. The monoisotopic (exact) mass is 419 g/mol. The first-order valence-corrected chi connectivity index (χ1v) is 11.0. The van der Waals surface area contributed by atoms with Gasteiger partial charge >= 0.3 is 0 Å². The maximum absolute atomic E-state index is 10.5. The molecular formula is C22H46BrNO. The second kappa shape index (κ2) is 15.5. The van der Waals surface area contributed by atoms with E-state index in [0.29, 0.717) is 0 Å². The lowest BCUT2D eigenvalue weighted by atomic mass is 9.76. The Hall–Kier alpha value is 0.400. The average molecular weight is 421 g/mol. The highest BCUT2D eigenvalue weighted by Gasteiger charge is 2.35. The summed E-state index contributed by atoms with van der Waals surface area (Å²) in [5, 5.41) is 10.5. The van der Waals surface area contributed by atoms with Gasteiger partial charge in [-0.1, -0.05) is 90.4 Å². The smallest absolute Gasteiger partial charge is 0.0557 e. The molecule has 1 atom stereocenters. The van der Waals surface area contributed by atoms with Gasteiger partial charge in [0.05, 0.1) is 6.10 Å². The third-order valence-corrected chi connectivity index (χ3v) is 6.24. The molecule has 0 heterocycles. The third kappa shape index (κ3) is 11.0. The van der Waals surface area contributed by atoms with Crippen LogP contribution in [0.2, 0.25) is 0 Å². The maximum Gasteiger partial charge on any atom is 0.0557 e. The van der Waals surface area contributed by atoms with E-state index in [2.05, 4.69) is 25.9 Å². The van der Waals surface area contributed by atoms with Crippen LogP contribution in [0.4, 0.5) is 0 Å². The Labute approximate surface area is 168 Å². The molecule has 0 aromatic carbocycles. The third-order valence-electron chi connectivity index (χ3n) is 6.24. The second-order valence-corrected chi connectivity index (χ2v) is 8.51. The van der Waals surface area contributed by atoms with Crippen LogP contribution in [0.5, 0.6) is 0 Å². The molecular weight excluding hydrogens is 374 g/mol. The Bertz CT molecular complexity index is 290. The van der Waals surface area contributed by atoms with E-state index in [9.17, 15) is 5.11 Å². The van der Waals surface area contributed by atoms with Crippen LogP contribution in [0.25, 0.3) is 0 Å².